The van der Waals surface area contributed by atoms with Crippen molar-refractivity contribution in [1.29, 1.82) is 0 Å². The fourth-order valence-electron chi connectivity index (χ4n) is 1.01. The topological polar surface area (TPSA) is 9.23 Å². The number of aryl methyl sites for hydroxylation is 1. The number of halogens is 1. The minimum atomic E-state index is 0. The first-order chi connectivity index (χ1) is 5.38. The van der Waals surface area contributed by atoms with Crippen molar-refractivity contribution >= 4 is 39.0 Å². The van der Waals surface area contributed by atoms with Crippen LogP contribution >= 0.6 is 15.9 Å². The van der Waals surface area contributed by atoms with Crippen LogP contribution in [0.25, 0.3) is 0 Å². The van der Waals surface area contributed by atoms with Gasteiger partial charge in [-0.05, 0) is 18.1 Å². The Balaban J connectivity index is -0.000000403. The summed E-state index contributed by atoms with van der Waals surface area (Å²) < 4.78 is 5.18. The predicted octanol–water partition coefficient (Wildman–Crippen LogP) is 2.48. The van der Waals surface area contributed by atoms with Gasteiger partial charge in [0.05, 0.1) is 7.11 Å². The monoisotopic (exact) mass is 240 g/mol. The van der Waals surface area contributed by atoms with Gasteiger partial charge in [0.1, 0.15) is 5.75 Å². The van der Waals surface area contributed by atoms with Gasteiger partial charge in [-0.3, -0.25) is 0 Å². The van der Waals surface area contributed by atoms with Crippen molar-refractivity contribution < 1.29 is 7.59 Å². The predicted molar refractivity (Wildman–Crippen MR) is 58.5 cm³/mol. The van der Waals surface area contributed by atoms with E-state index in [1.807, 2.05) is 18.2 Å². The largest absolute Gasteiger partial charge is 2.00 e. The van der Waals surface area contributed by atoms with Crippen molar-refractivity contribution in [1.82, 2.24) is 0 Å². The quantitative estimate of drug-likeness (QED) is 0.583. The zero-order valence-electron chi connectivity index (χ0n) is 9.22. The minimum absolute atomic E-state index is 0. The fraction of sp³-hybridized carbons (Fsp3) is 0.333. The van der Waals surface area contributed by atoms with Crippen LogP contribution in [0.5, 0.6) is 5.75 Å². The SMILES string of the molecule is COc1ccccc1CCBr.[H-].[H-].[Mg+2]. The summed E-state index contributed by atoms with van der Waals surface area (Å²) in [4.78, 5) is 0. The van der Waals surface area contributed by atoms with Crippen LogP contribution in [0.2, 0.25) is 0 Å². The van der Waals surface area contributed by atoms with E-state index in [0.717, 1.165) is 17.5 Å². The Bertz CT molecular complexity index is 236. The number of hydrogen-bond donors (Lipinski definition) is 0. The zero-order valence-corrected chi connectivity index (χ0v) is 10.2. The fourth-order valence-corrected chi connectivity index (χ4v) is 1.44. The third kappa shape index (κ3) is 3.33. The van der Waals surface area contributed by atoms with Gasteiger partial charge in [0, 0.05) is 5.33 Å². The first kappa shape index (κ1) is 12.3. The summed E-state index contributed by atoms with van der Waals surface area (Å²) in [6, 6.07) is 8.08. The molecule has 1 aromatic carbocycles. The van der Waals surface area contributed by atoms with Gasteiger partial charge in [-0.2, -0.15) is 0 Å². The molecule has 0 spiro atoms. The molecule has 1 aromatic rings. The van der Waals surface area contributed by atoms with E-state index >= 15 is 0 Å². The summed E-state index contributed by atoms with van der Waals surface area (Å²) in [7, 11) is 1.70. The number of para-hydroxylation sites is 1. The van der Waals surface area contributed by atoms with Crippen LogP contribution < -0.4 is 4.74 Å². The van der Waals surface area contributed by atoms with Crippen LogP contribution in [0.4, 0.5) is 0 Å². The average molecular weight is 241 g/mol. The summed E-state index contributed by atoms with van der Waals surface area (Å²) in [5, 5.41) is 0.980. The summed E-state index contributed by atoms with van der Waals surface area (Å²) in [6.45, 7) is 0. The van der Waals surface area contributed by atoms with Gasteiger partial charge in [-0.15, -0.1) is 0 Å². The first-order valence-electron chi connectivity index (χ1n) is 3.56. The molecule has 12 heavy (non-hydrogen) atoms. The second kappa shape index (κ2) is 6.75. The smallest absolute Gasteiger partial charge is 1.00 e. The maximum Gasteiger partial charge on any atom is 2.00 e. The molecule has 0 aromatic heterocycles. The van der Waals surface area contributed by atoms with Crippen LogP contribution in [-0.4, -0.2) is 35.5 Å². The molecule has 0 aliphatic rings. The van der Waals surface area contributed by atoms with E-state index in [-0.39, 0.29) is 25.9 Å². The van der Waals surface area contributed by atoms with Gasteiger partial charge >= 0.3 is 23.1 Å². The minimum Gasteiger partial charge on any atom is -1.00 e. The molecule has 0 saturated heterocycles. The molecule has 0 unspecified atom stereocenters. The van der Waals surface area contributed by atoms with E-state index in [0.29, 0.717) is 0 Å². The number of hydrogen-bond acceptors (Lipinski definition) is 1. The Morgan fingerprint density at radius 2 is 2.08 bits per heavy atom. The Morgan fingerprint density at radius 1 is 1.42 bits per heavy atom. The molecule has 0 fully saturated rings. The molecule has 0 amide bonds. The number of ether oxygens (including phenoxy) is 1. The number of benzene rings is 1. The van der Waals surface area contributed by atoms with Crippen molar-refractivity contribution in [3.8, 4) is 5.75 Å². The molecule has 1 nitrogen and oxygen atoms in total. The molecule has 0 heterocycles. The van der Waals surface area contributed by atoms with E-state index in [9.17, 15) is 0 Å². The molecule has 0 bridgehead atoms. The van der Waals surface area contributed by atoms with Gasteiger partial charge in [0.25, 0.3) is 0 Å². The summed E-state index contributed by atoms with van der Waals surface area (Å²) in [5.74, 6) is 0.979. The Hall–Kier alpha value is 0.266. The second-order valence-corrected chi connectivity index (χ2v) is 3.04. The maximum absolute atomic E-state index is 5.18. The maximum atomic E-state index is 5.18. The third-order valence-corrected chi connectivity index (χ3v) is 1.95. The van der Waals surface area contributed by atoms with Crippen molar-refractivity contribution in [3.63, 3.8) is 0 Å². The van der Waals surface area contributed by atoms with E-state index < -0.39 is 0 Å². The molecule has 64 valence electrons. The van der Waals surface area contributed by atoms with Crippen LogP contribution in [0.1, 0.15) is 8.42 Å². The van der Waals surface area contributed by atoms with Crippen LogP contribution in [0.3, 0.4) is 0 Å². The Labute approximate surface area is 101 Å². The molecule has 3 heteroatoms. The van der Waals surface area contributed by atoms with E-state index in [2.05, 4.69) is 22.0 Å². The normalized spacial score (nSPS) is 8.83. The van der Waals surface area contributed by atoms with Crippen LogP contribution in [-0.2, 0) is 6.42 Å². The Kier molecular flexibility index (Phi) is 6.90. The van der Waals surface area contributed by atoms with Gasteiger partial charge in [-0.25, -0.2) is 0 Å². The number of methoxy groups -OCH3 is 1. The Morgan fingerprint density at radius 3 is 2.67 bits per heavy atom. The summed E-state index contributed by atoms with van der Waals surface area (Å²) in [6.07, 6.45) is 1.02. The van der Waals surface area contributed by atoms with Gasteiger partial charge in [0.15, 0.2) is 0 Å². The first-order valence-corrected chi connectivity index (χ1v) is 4.68. The summed E-state index contributed by atoms with van der Waals surface area (Å²) in [5.41, 5.74) is 1.26. The van der Waals surface area contributed by atoms with Crippen LogP contribution in [0.15, 0.2) is 24.3 Å². The van der Waals surface area contributed by atoms with E-state index in [1.54, 1.807) is 7.11 Å². The number of alkyl halides is 1. The van der Waals surface area contributed by atoms with E-state index in [1.165, 1.54) is 5.56 Å². The van der Waals surface area contributed by atoms with Crippen molar-refractivity contribution in [2.45, 2.75) is 6.42 Å². The van der Waals surface area contributed by atoms with Crippen molar-refractivity contribution in [2.75, 3.05) is 12.4 Å². The molecule has 0 saturated carbocycles. The molecule has 0 N–H and O–H groups in total. The van der Waals surface area contributed by atoms with E-state index in [4.69, 9.17) is 4.74 Å². The third-order valence-electron chi connectivity index (χ3n) is 1.56. The molecule has 0 aliphatic carbocycles. The second-order valence-electron chi connectivity index (χ2n) is 2.25. The molecule has 0 radical (unpaired) electrons. The number of rotatable bonds is 3. The molecule has 0 atom stereocenters. The van der Waals surface area contributed by atoms with Gasteiger partial charge in [-0.1, -0.05) is 34.1 Å². The molecule has 0 aliphatic heterocycles. The zero-order chi connectivity index (χ0) is 8.10. The average Bonchev–Trinajstić information content (AvgIpc) is 2.06. The molecular formula is C9H13BrMgO. The van der Waals surface area contributed by atoms with Crippen molar-refractivity contribution in [3.05, 3.63) is 29.8 Å². The van der Waals surface area contributed by atoms with Gasteiger partial charge < -0.3 is 7.59 Å². The van der Waals surface area contributed by atoms with Crippen LogP contribution in [0, 0.1) is 0 Å². The van der Waals surface area contributed by atoms with Gasteiger partial charge in [0.2, 0.25) is 0 Å². The molecular weight excluding hydrogens is 228 g/mol. The van der Waals surface area contributed by atoms with Crippen molar-refractivity contribution in [2.24, 2.45) is 0 Å². The summed E-state index contributed by atoms with van der Waals surface area (Å²) >= 11 is 3.39. The molecule has 1 rings (SSSR count). The standard InChI is InChI=1S/C9H11BrO.Mg.2H/c1-11-9-5-3-2-4-8(9)6-7-10;;;/h2-5H,6-7H2,1H3;;;/q;+2;2*-1.